The molecule has 0 amide bonds. The van der Waals surface area contributed by atoms with Gasteiger partial charge in [0.05, 0.1) is 7.11 Å². The van der Waals surface area contributed by atoms with E-state index in [4.69, 9.17) is 9.84 Å². The Morgan fingerprint density at radius 3 is 2.81 bits per heavy atom. The Bertz CT molecular complexity index is 363. The van der Waals surface area contributed by atoms with Crippen LogP contribution in [0.1, 0.15) is 18.4 Å². The normalized spacial score (nSPS) is 9.88. The van der Waals surface area contributed by atoms with Crippen LogP contribution in [0.5, 0.6) is 5.75 Å². The van der Waals surface area contributed by atoms with Crippen LogP contribution in [0.15, 0.2) is 18.2 Å². The Balaban J connectivity index is 2.68. The van der Waals surface area contributed by atoms with Crippen molar-refractivity contribution in [2.24, 2.45) is 0 Å². The number of hydrogen-bond acceptors (Lipinski definition) is 3. The monoisotopic (exact) mass is 223 g/mol. The van der Waals surface area contributed by atoms with Crippen LogP contribution in [0, 0.1) is 0 Å². The molecule has 0 aliphatic carbocycles. The van der Waals surface area contributed by atoms with Crippen molar-refractivity contribution < 1.29 is 14.6 Å². The molecule has 0 saturated heterocycles. The molecule has 0 saturated carbocycles. The molecule has 1 aromatic rings. The number of ether oxygens (including phenoxy) is 1. The lowest BCUT2D eigenvalue weighted by molar-refractivity contribution is -0.137. The summed E-state index contributed by atoms with van der Waals surface area (Å²) in [4.78, 5) is 10.4. The zero-order valence-corrected chi connectivity index (χ0v) is 9.62. The second kappa shape index (κ2) is 6.00. The van der Waals surface area contributed by atoms with Crippen molar-refractivity contribution in [2.75, 3.05) is 19.5 Å². The van der Waals surface area contributed by atoms with Gasteiger partial charge in [0, 0.05) is 25.2 Å². The highest BCUT2D eigenvalue weighted by Crippen LogP contribution is 2.23. The number of carboxylic acid groups (broad SMARTS) is 1. The molecule has 0 bridgehead atoms. The lowest BCUT2D eigenvalue weighted by Gasteiger charge is -2.10. The second-order valence-electron chi connectivity index (χ2n) is 3.52. The van der Waals surface area contributed by atoms with Gasteiger partial charge in [-0.25, -0.2) is 0 Å². The maximum atomic E-state index is 10.4. The van der Waals surface area contributed by atoms with Crippen molar-refractivity contribution in [1.29, 1.82) is 0 Å². The summed E-state index contributed by atoms with van der Waals surface area (Å²) >= 11 is 0. The molecule has 0 atom stereocenters. The quantitative estimate of drug-likeness (QED) is 0.775. The smallest absolute Gasteiger partial charge is 0.303 e. The van der Waals surface area contributed by atoms with E-state index in [9.17, 15) is 4.79 Å². The largest absolute Gasteiger partial charge is 0.497 e. The standard InChI is InChI=1S/C12H17NO3/c1-13-11-8-10(16-2)7-6-9(11)4-3-5-12(14)15/h6-8,13H,3-5H2,1-2H3,(H,14,15). The third-order valence-electron chi connectivity index (χ3n) is 2.42. The van der Waals surface area contributed by atoms with Crippen molar-refractivity contribution in [2.45, 2.75) is 19.3 Å². The van der Waals surface area contributed by atoms with Gasteiger partial charge in [0.2, 0.25) is 0 Å². The molecule has 2 N–H and O–H groups in total. The molecule has 88 valence electrons. The molecule has 0 radical (unpaired) electrons. The van der Waals surface area contributed by atoms with E-state index in [1.807, 2.05) is 25.2 Å². The van der Waals surface area contributed by atoms with E-state index in [2.05, 4.69) is 5.32 Å². The molecule has 0 unspecified atom stereocenters. The summed E-state index contributed by atoms with van der Waals surface area (Å²) in [5.41, 5.74) is 2.11. The van der Waals surface area contributed by atoms with Gasteiger partial charge in [-0.2, -0.15) is 0 Å². The number of hydrogen-bond donors (Lipinski definition) is 2. The second-order valence-corrected chi connectivity index (χ2v) is 3.52. The number of carboxylic acids is 1. The topological polar surface area (TPSA) is 58.6 Å². The van der Waals surface area contributed by atoms with Crippen LogP contribution in [0.25, 0.3) is 0 Å². The van der Waals surface area contributed by atoms with Gasteiger partial charge < -0.3 is 15.2 Å². The minimum Gasteiger partial charge on any atom is -0.497 e. The van der Waals surface area contributed by atoms with E-state index < -0.39 is 5.97 Å². The van der Waals surface area contributed by atoms with E-state index in [0.29, 0.717) is 6.42 Å². The van der Waals surface area contributed by atoms with Crippen LogP contribution in [0.3, 0.4) is 0 Å². The molecule has 0 aliphatic rings. The third-order valence-corrected chi connectivity index (χ3v) is 2.42. The van der Waals surface area contributed by atoms with Gasteiger partial charge in [-0.05, 0) is 24.5 Å². The SMILES string of the molecule is CNc1cc(OC)ccc1CCCC(=O)O. The van der Waals surface area contributed by atoms with Crippen molar-refractivity contribution >= 4 is 11.7 Å². The maximum absolute atomic E-state index is 10.4. The van der Waals surface area contributed by atoms with Crippen LogP contribution in [-0.4, -0.2) is 25.2 Å². The number of aryl methyl sites for hydroxylation is 1. The Morgan fingerprint density at radius 1 is 1.50 bits per heavy atom. The Labute approximate surface area is 95.2 Å². The van der Waals surface area contributed by atoms with E-state index >= 15 is 0 Å². The number of nitrogens with one attached hydrogen (secondary N) is 1. The molecule has 4 heteroatoms. The van der Waals surface area contributed by atoms with Crippen molar-refractivity contribution in [1.82, 2.24) is 0 Å². The molecule has 1 rings (SSSR count). The summed E-state index contributed by atoms with van der Waals surface area (Å²) in [6.07, 6.45) is 1.61. The molecule has 0 aliphatic heterocycles. The van der Waals surface area contributed by atoms with E-state index in [0.717, 1.165) is 23.4 Å². The molecule has 16 heavy (non-hydrogen) atoms. The Kier molecular flexibility index (Phi) is 4.64. The number of carbonyl (C=O) groups is 1. The minimum atomic E-state index is -0.750. The van der Waals surface area contributed by atoms with E-state index in [-0.39, 0.29) is 6.42 Å². The molecule has 0 aromatic heterocycles. The highest BCUT2D eigenvalue weighted by atomic mass is 16.5. The molecule has 0 spiro atoms. The van der Waals surface area contributed by atoms with Gasteiger partial charge in [0.15, 0.2) is 0 Å². The van der Waals surface area contributed by atoms with Crippen LogP contribution in [-0.2, 0) is 11.2 Å². The third kappa shape index (κ3) is 3.46. The van der Waals surface area contributed by atoms with Crippen LogP contribution in [0.2, 0.25) is 0 Å². The van der Waals surface area contributed by atoms with Gasteiger partial charge in [-0.3, -0.25) is 4.79 Å². The molecular weight excluding hydrogens is 206 g/mol. The fourth-order valence-electron chi connectivity index (χ4n) is 1.56. The predicted octanol–water partition coefficient (Wildman–Crippen LogP) is 2.14. The van der Waals surface area contributed by atoms with Gasteiger partial charge >= 0.3 is 5.97 Å². The van der Waals surface area contributed by atoms with Crippen LogP contribution in [0.4, 0.5) is 5.69 Å². The molecule has 0 fully saturated rings. The molecule has 1 aromatic carbocycles. The molecular formula is C12H17NO3. The number of methoxy groups -OCH3 is 1. The summed E-state index contributed by atoms with van der Waals surface area (Å²) in [5, 5.41) is 11.6. The number of anilines is 1. The first-order chi connectivity index (χ1) is 7.67. The molecule has 0 heterocycles. The first-order valence-corrected chi connectivity index (χ1v) is 5.24. The zero-order valence-electron chi connectivity index (χ0n) is 9.62. The fourth-order valence-corrected chi connectivity index (χ4v) is 1.56. The number of rotatable bonds is 6. The lowest BCUT2D eigenvalue weighted by Crippen LogP contribution is -1.99. The maximum Gasteiger partial charge on any atom is 0.303 e. The first kappa shape index (κ1) is 12.4. The Hall–Kier alpha value is -1.71. The highest BCUT2D eigenvalue weighted by molar-refractivity contribution is 5.66. The average Bonchev–Trinajstić information content (AvgIpc) is 2.29. The zero-order chi connectivity index (χ0) is 12.0. The average molecular weight is 223 g/mol. The number of aliphatic carboxylic acids is 1. The van der Waals surface area contributed by atoms with Crippen molar-refractivity contribution in [3.05, 3.63) is 23.8 Å². The van der Waals surface area contributed by atoms with Gasteiger partial charge in [-0.15, -0.1) is 0 Å². The van der Waals surface area contributed by atoms with E-state index in [1.54, 1.807) is 7.11 Å². The fraction of sp³-hybridized carbons (Fsp3) is 0.417. The Morgan fingerprint density at radius 2 is 2.25 bits per heavy atom. The first-order valence-electron chi connectivity index (χ1n) is 5.24. The van der Waals surface area contributed by atoms with Crippen molar-refractivity contribution in [3.63, 3.8) is 0 Å². The minimum absolute atomic E-state index is 0.204. The van der Waals surface area contributed by atoms with Crippen LogP contribution >= 0.6 is 0 Å². The summed E-state index contributed by atoms with van der Waals surface area (Å²) in [7, 11) is 3.47. The van der Waals surface area contributed by atoms with Gasteiger partial charge in [-0.1, -0.05) is 6.07 Å². The van der Waals surface area contributed by atoms with Gasteiger partial charge in [0.1, 0.15) is 5.75 Å². The van der Waals surface area contributed by atoms with E-state index in [1.165, 1.54) is 0 Å². The summed E-state index contributed by atoms with van der Waals surface area (Å²) in [6.45, 7) is 0. The van der Waals surface area contributed by atoms with Gasteiger partial charge in [0.25, 0.3) is 0 Å². The number of benzene rings is 1. The summed E-state index contributed by atoms with van der Waals surface area (Å²) in [6, 6.07) is 5.76. The van der Waals surface area contributed by atoms with Crippen LogP contribution < -0.4 is 10.1 Å². The molecule has 4 nitrogen and oxygen atoms in total. The highest BCUT2D eigenvalue weighted by Gasteiger charge is 2.04. The summed E-state index contributed by atoms with van der Waals surface area (Å²) < 4.78 is 5.12. The van der Waals surface area contributed by atoms with Crippen molar-refractivity contribution in [3.8, 4) is 5.75 Å². The predicted molar refractivity (Wildman–Crippen MR) is 63.1 cm³/mol. The lowest BCUT2D eigenvalue weighted by atomic mass is 10.1. The summed E-state index contributed by atoms with van der Waals surface area (Å²) in [5.74, 6) is 0.0471.